The van der Waals surface area contributed by atoms with Gasteiger partial charge in [0.1, 0.15) is 0 Å². The van der Waals surface area contributed by atoms with Crippen LogP contribution in [0.1, 0.15) is 5.56 Å². The highest BCUT2D eigenvalue weighted by atomic mass is 35.5. The molecule has 0 unspecified atom stereocenters. The van der Waals surface area contributed by atoms with E-state index in [1.807, 2.05) is 0 Å². The number of benzene rings is 2. The van der Waals surface area contributed by atoms with E-state index in [2.05, 4.69) is 4.72 Å². The van der Waals surface area contributed by atoms with Gasteiger partial charge in [-0.3, -0.25) is 4.72 Å². The first-order valence-corrected chi connectivity index (χ1v) is 7.47. The summed E-state index contributed by atoms with van der Waals surface area (Å²) in [6, 6.07) is 9.93. The summed E-state index contributed by atoms with van der Waals surface area (Å²) in [5.74, 6) is -0.848. The van der Waals surface area contributed by atoms with E-state index in [-0.39, 0.29) is 21.2 Å². The van der Waals surface area contributed by atoms with Crippen LogP contribution in [-0.2, 0) is 16.6 Å². The van der Waals surface area contributed by atoms with Gasteiger partial charge in [0.05, 0.1) is 22.2 Å². The fraction of sp³-hybridized carbons (Fsp3) is 0.0769. The van der Waals surface area contributed by atoms with Crippen molar-refractivity contribution in [3.63, 3.8) is 0 Å². The van der Waals surface area contributed by atoms with E-state index in [0.29, 0.717) is 0 Å². The van der Waals surface area contributed by atoms with Crippen LogP contribution in [0.2, 0.25) is 5.02 Å². The van der Waals surface area contributed by atoms with Crippen molar-refractivity contribution in [2.75, 3.05) is 4.72 Å². The molecular weight excluding hydrogens is 305 g/mol. The van der Waals surface area contributed by atoms with Gasteiger partial charge in [-0.25, -0.2) is 12.8 Å². The fourth-order valence-electron chi connectivity index (χ4n) is 1.68. The average molecular weight is 316 g/mol. The van der Waals surface area contributed by atoms with Crippen LogP contribution in [0, 0.1) is 5.82 Å². The van der Waals surface area contributed by atoms with E-state index in [1.54, 1.807) is 6.07 Å². The van der Waals surface area contributed by atoms with E-state index in [4.69, 9.17) is 16.7 Å². The third kappa shape index (κ3) is 2.92. The first-order chi connectivity index (χ1) is 9.45. The van der Waals surface area contributed by atoms with E-state index in [1.165, 1.54) is 36.4 Å². The predicted molar refractivity (Wildman–Crippen MR) is 74.6 cm³/mol. The summed E-state index contributed by atoms with van der Waals surface area (Å²) in [6.07, 6.45) is 0. The van der Waals surface area contributed by atoms with Crippen LogP contribution < -0.4 is 4.72 Å². The van der Waals surface area contributed by atoms with Crippen molar-refractivity contribution in [3.05, 3.63) is 58.9 Å². The molecule has 0 aliphatic rings. The van der Waals surface area contributed by atoms with Crippen LogP contribution in [0.15, 0.2) is 47.4 Å². The van der Waals surface area contributed by atoms with Gasteiger partial charge in [-0.1, -0.05) is 35.9 Å². The van der Waals surface area contributed by atoms with Gasteiger partial charge in [0.25, 0.3) is 10.0 Å². The second-order valence-corrected chi connectivity index (χ2v) is 6.03. The number of hydrogen-bond donors (Lipinski definition) is 2. The van der Waals surface area contributed by atoms with E-state index in [9.17, 15) is 12.8 Å². The molecule has 7 heteroatoms. The fourth-order valence-corrected chi connectivity index (χ4v) is 3.15. The Hall–Kier alpha value is -1.63. The predicted octanol–water partition coefficient (Wildman–Crippen LogP) is 2.77. The molecule has 4 nitrogen and oxygen atoms in total. The molecule has 0 heterocycles. The summed E-state index contributed by atoms with van der Waals surface area (Å²) in [5, 5.41) is 8.98. The number of aliphatic hydroxyl groups excluding tert-OH is 1. The topological polar surface area (TPSA) is 66.4 Å². The summed E-state index contributed by atoms with van der Waals surface area (Å²) >= 11 is 5.60. The minimum absolute atomic E-state index is 0.109. The molecule has 0 aliphatic carbocycles. The summed E-state index contributed by atoms with van der Waals surface area (Å²) in [7, 11) is -4.00. The maximum Gasteiger partial charge on any atom is 0.262 e. The molecule has 2 N–H and O–H groups in total. The molecule has 0 atom stereocenters. The Morgan fingerprint density at radius 2 is 1.85 bits per heavy atom. The standard InChI is InChI=1S/C13H11ClFNO3S/c14-10-5-3-6-11(13(10)15)16-20(18,19)12-7-2-1-4-9(12)8-17/h1-7,16-17H,8H2. The van der Waals surface area contributed by atoms with E-state index >= 15 is 0 Å². The minimum atomic E-state index is -4.00. The van der Waals surface area contributed by atoms with Crippen molar-refractivity contribution in [2.45, 2.75) is 11.5 Å². The lowest BCUT2D eigenvalue weighted by Crippen LogP contribution is -2.16. The summed E-state index contributed by atoms with van der Waals surface area (Å²) in [5.41, 5.74) is -0.0207. The van der Waals surface area contributed by atoms with Gasteiger partial charge in [-0.05, 0) is 23.8 Å². The number of sulfonamides is 1. The van der Waals surface area contributed by atoms with Gasteiger partial charge < -0.3 is 5.11 Å². The zero-order valence-corrected chi connectivity index (χ0v) is 11.7. The van der Waals surface area contributed by atoms with Crippen LogP contribution in [0.5, 0.6) is 0 Å². The van der Waals surface area contributed by atoms with Crippen molar-refractivity contribution in [1.29, 1.82) is 0 Å². The van der Waals surface area contributed by atoms with Gasteiger partial charge >= 0.3 is 0 Å². The summed E-state index contributed by atoms with van der Waals surface area (Å²) < 4.78 is 40.3. The van der Waals surface area contributed by atoms with Gasteiger partial charge in [0.15, 0.2) is 5.82 Å². The zero-order valence-electron chi connectivity index (χ0n) is 10.2. The first kappa shape index (κ1) is 14.8. The molecule has 2 rings (SSSR count). The first-order valence-electron chi connectivity index (χ1n) is 5.61. The third-order valence-corrected chi connectivity index (χ3v) is 4.39. The highest BCUT2D eigenvalue weighted by Gasteiger charge is 2.20. The second kappa shape index (κ2) is 5.78. The molecule has 0 aromatic heterocycles. The van der Waals surface area contributed by atoms with Gasteiger partial charge in [-0.15, -0.1) is 0 Å². The highest BCUT2D eigenvalue weighted by molar-refractivity contribution is 7.92. The second-order valence-electron chi connectivity index (χ2n) is 3.97. The molecule has 0 spiro atoms. The number of aliphatic hydroxyl groups is 1. The van der Waals surface area contributed by atoms with Crippen LogP contribution in [0.4, 0.5) is 10.1 Å². The van der Waals surface area contributed by atoms with E-state index < -0.39 is 22.4 Å². The number of halogens is 2. The molecule has 0 radical (unpaired) electrons. The van der Waals surface area contributed by atoms with Crippen molar-refractivity contribution >= 4 is 27.3 Å². The van der Waals surface area contributed by atoms with Gasteiger partial charge in [0, 0.05) is 0 Å². The maximum atomic E-state index is 13.7. The molecule has 0 bridgehead atoms. The third-order valence-electron chi connectivity index (χ3n) is 2.63. The Balaban J connectivity index is 2.44. The smallest absolute Gasteiger partial charge is 0.262 e. The molecule has 106 valence electrons. The van der Waals surface area contributed by atoms with E-state index in [0.717, 1.165) is 0 Å². The molecular formula is C13H11ClFNO3S. The maximum absolute atomic E-state index is 13.7. The Labute approximate surface area is 120 Å². The Morgan fingerprint density at radius 3 is 2.55 bits per heavy atom. The minimum Gasteiger partial charge on any atom is -0.392 e. The largest absolute Gasteiger partial charge is 0.392 e. The molecule has 20 heavy (non-hydrogen) atoms. The monoisotopic (exact) mass is 315 g/mol. The quantitative estimate of drug-likeness (QED) is 0.911. The number of rotatable bonds is 4. The Kier molecular flexibility index (Phi) is 4.27. The van der Waals surface area contributed by atoms with Crippen LogP contribution in [-0.4, -0.2) is 13.5 Å². The Bertz CT molecular complexity index is 734. The zero-order chi connectivity index (χ0) is 14.8. The SMILES string of the molecule is O=S(=O)(Nc1cccc(Cl)c1F)c1ccccc1CO. The Morgan fingerprint density at radius 1 is 1.15 bits per heavy atom. The lowest BCUT2D eigenvalue weighted by atomic mass is 10.2. The molecule has 0 saturated heterocycles. The lowest BCUT2D eigenvalue weighted by Gasteiger charge is -2.12. The summed E-state index contributed by atoms with van der Waals surface area (Å²) in [4.78, 5) is -0.109. The molecule has 0 fully saturated rings. The number of hydrogen-bond acceptors (Lipinski definition) is 3. The number of nitrogens with one attached hydrogen (secondary N) is 1. The summed E-state index contributed by atoms with van der Waals surface area (Å²) in [6.45, 7) is -0.435. The van der Waals surface area contributed by atoms with Crippen LogP contribution in [0.3, 0.4) is 0 Å². The van der Waals surface area contributed by atoms with Gasteiger partial charge in [-0.2, -0.15) is 0 Å². The molecule has 0 amide bonds. The van der Waals surface area contributed by atoms with Crippen molar-refractivity contribution in [1.82, 2.24) is 0 Å². The highest BCUT2D eigenvalue weighted by Crippen LogP contribution is 2.25. The lowest BCUT2D eigenvalue weighted by molar-refractivity contribution is 0.278. The average Bonchev–Trinajstić information content (AvgIpc) is 2.43. The van der Waals surface area contributed by atoms with Crippen molar-refractivity contribution in [2.24, 2.45) is 0 Å². The normalized spacial score (nSPS) is 11.3. The van der Waals surface area contributed by atoms with Crippen LogP contribution in [0.25, 0.3) is 0 Å². The van der Waals surface area contributed by atoms with Gasteiger partial charge in [0.2, 0.25) is 0 Å². The van der Waals surface area contributed by atoms with Crippen LogP contribution >= 0.6 is 11.6 Å². The molecule has 2 aromatic carbocycles. The van der Waals surface area contributed by atoms with Crippen molar-refractivity contribution < 1.29 is 17.9 Å². The number of anilines is 1. The molecule has 0 aliphatic heterocycles. The van der Waals surface area contributed by atoms with Crippen molar-refractivity contribution in [3.8, 4) is 0 Å². The molecule has 0 saturated carbocycles. The molecule has 2 aromatic rings.